The van der Waals surface area contributed by atoms with Crippen LogP contribution in [0.25, 0.3) is 22.3 Å². The van der Waals surface area contributed by atoms with E-state index in [4.69, 9.17) is 0 Å². The van der Waals surface area contributed by atoms with Crippen molar-refractivity contribution < 1.29 is 49.0 Å². The second kappa shape index (κ2) is 13.2. The molecule has 0 nitrogen and oxygen atoms in total. The summed E-state index contributed by atoms with van der Waals surface area (Å²) in [6.45, 7) is 22.4. The Morgan fingerprint density at radius 2 is 1.27 bits per heavy atom. The number of benzene rings is 2. The topological polar surface area (TPSA) is 0 Å². The van der Waals surface area contributed by atoms with Crippen molar-refractivity contribution in [3.8, 4) is 11.1 Å². The summed E-state index contributed by atoms with van der Waals surface area (Å²) < 4.78 is 1.51. The fourth-order valence-electron chi connectivity index (χ4n) is 5.89. The first-order valence-corrected chi connectivity index (χ1v) is 15.2. The zero-order valence-electron chi connectivity index (χ0n) is 25.9. The first-order chi connectivity index (χ1) is 17.7. The van der Waals surface area contributed by atoms with Crippen LogP contribution in [0.5, 0.6) is 0 Å². The molecule has 0 saturated carbocycles. The van der Waals surface area contributed by atoms with Crippen LogP contribution in [0.3, 0.4) is 0 Å². The van der Waals surface area contributed by atoms with Crippen LogP contribution in [-0.4, -0.2) is 3.21 Å². The maximum Gasteiger partial charge on any atom is -0.0635 e. The van der Waals surface area contributed by atoms with Crippen LogP contribution in [0.4, 0.5) is 0 Å². The quantitative estimate of drug-likeness (QED) is 0.253. The van der Waals surface area contributed by atoms with Gasteiger partial charge in [-0.1, -0.05) is 76.8 Å². The van der Waals surface area contributed by atoms with Gasteiger partial charge < -0.3 is 24.8 Å². The second-order valence-electron chi connectivity index (χ2n) is 13.0. The average molecular weight is 651 g/mol. The third-order valence-corrected chi connectivity index (χ3v) is 8.16. The van der Waals surface area contributed by atoms with Crippen LogP contribution in [0, 0.1) is 20.3 Å². The molecule has 0 unspecified atom stereocenters. The van der Waals surface area contributed by atoms with Gasteiger partial charge in [0.05, 0.1) is 0 Å². The molecule has 6 rings (SSSR count). The maximum atomic E-state index is 2.51. The van der Waals surface area contributed by atoms with Crippen LogP contribution in [0.2, 0.25) is 0 Å². The van der Waals surface area contributed by atoms with Gasteiger partial charge in [-0.3, -0.25) is 0 Å². The molecule has 0 atom stereocenters. The number of fused-ring (bicyclic) bond motifs is 5. The van der Waals surface area contributed by atoms with E-state index in [0.717, 1.165) is 12.8 Å². The smallest absolute Gasteiger partial charge is 0.0635 e. The van der Waals surface area contributed by atoms with Crippen molar-refractivity contribution >= 4 is 14.4 Å². The van der Waals surface area contributed by atoms with Gasteiger partial charge in [0.25, 0.3) is 0 Å². The summed E-state index contributed by atoms with van der Waals surface area (Å²) in [4.78, 5) is 0. The molecule has 3 aromatic carbocycles. The predicted octanol–water partition coefficient (Wildman–Crippen LogP) is 4.02. The predicted molar refractivity (Wildman–Crippen MR) is 165 cm³/mol. The molecular formula is C37H44Cl2Zr-2. The number of hydrogen-bond acceptors (Lipinski definition) is 0. The molecule has 3 heteroatoms. The zero-order valence-corrected chi connectivity index (χ0v) is 29.9. The average Bonchev–Trinajstić information content (AvgIpc) is 3.38. The first kappa shape index (κ1) is 34.7. The fourth-order valence-corrected chi connectivity index (χ4v) is 5.89. The molecule has 212 valence electrons. The molecule has 0 radical (unpaired) electrons. The van der Waals surface area contributed by atoms with Crippen molar-refractivity contribution in [3.05, 3.63) is 106 Å². The molecular weight excluding hydrogens is 607 g/mol. The van der Waals surface area contributed by atoms with Crippen LogP contribution < -0.4 is 24.8 Å². The molecule has 3 aliphatic carbocycles. The van der Waals surface area contributed by atoms with E-state index in [1.165, 1.54) is 70.0 Å². The molecule has 0 aromatic heterocycles. The normalized spacial score (nSPS) is 16.2. The van der Waals surface area contributed by atoms with Gasteiger partial charge in [0.1, 0.15) is 0 Å². The van der Waals surface area contributed by atoms with E-state index in [9.17, 15) is 0 Å². The summed E-state index contributed by atoms with van der Waals surface area (Å²) in [7, 11) is 0. The van der Waals surface area contributed by atoms with Crippen LogP contribution >= 0.6 is 0 Å². The molecule has 0 saturated heterocycles. The molecule has 0 fully saturated rings. The van der Waals surface area contributed by atoms with Gasteiger partial charge in [0.2, 0.25) is 0 Å². The van der Waals surface area contributed by atoms with Gasteiger partial charge in [-0.05, 0) is 70.2 Å². The molecule has 0 N–H and O–H groups in total. The van der Waals surface area contributed by atoms with Crippen molar-refractivity contribution in [2.24, 2.45) is 0 Å². The van der Waals surface area contributed by atoms with E-state index in [-0.39, 0.29) is 35.6 Å². The molecule has 0 heterocycles. The summed E-state index contributed by atoms with van der Waals surface area (Å²) in [5.41, 5.74) is 17.7. The Kier molecular flexibility index (Phi) is 11.4. The second-order valence-corrected chi connectivity index (χ2v) is 15.4. The van der Waals surface area contributed by atoms with E-state index in [1.807, 2.05) is 0 Å². The minimum absolute atomic E-state index is 0. The van der Waals surface area contributed by atoms with Gasteiger partial charge in [-0.2, -0.15) is 23.3 Å². The van der Waals surface area contributed by atoms with E-state index in [0.29, 0.717) is 0 Å². The Bertz CT molecular complexity index is 1350. The molecule has 0 amide bonds. The van der Waals surface area contributed by atoms with Gasteiger partial charge in [0, 0.05) is 0 Å². The third kappa shape index (κ3) is 7.27. The first-order valence-electron chi connectivity index (χ1n) is 14.0. The minimum atomic E-state index is 0. The Morgan fingerprint density at radius 1 is 0.750 bits per heavy atom. The third-order valence-electron chi connectivity index (χ3n) is 8.16. The Hall–Kier alpha value is -1.53. The summed E-state index contributed by atoms with van der Waals surface area (Å²) in [5, 5.41) is 0. The van der Waals surface area contributed by atoms with Crippen molar-refractivity contribution in [1.82, 2.24) is 0 Å². The summed E-state index contributed by atoms with van der Waals surface area (Å²) in [6, 6.07) is 16.4. The molecule has 40 heavy (non-hydrogen) atoms. The summed E-state index contributed by atoms with van der Waals surface area (Å²) in [6.07, 6.45) is 9.28. The van der Waals surface area contributed by atoms with Gasteiger partial charge in [-0.15, -0.1) is 12.5 Å². The van der Waals surface area contributed by atoms with E-state index in [1.54, 1.807) is 24.2 Å². The number of aryl methyl sites for hydroxylation is 2. The fraction of sp³-hybridized carbons (Fsp3) is 0.378. The van der Waals surface area contributed by atoms with Gasteiger partial charge >= 0.3 is 41.3 Å². The largest absolute Gasteiger partial charge is 1.00 e. The monoisotopic (exact) mass is 648 g/mol. The Balaban J connectivity index is 0.000000366. The molecule has 0 bridgehead atoms. The number of hydrogen-bond donors (Lipinski definition) is 0. The minimum Gasteiger partial charge on any atom is -1.00 e. The van der Waals surface area contributed by atoms with Crippen molar-refractivity contribution in [3.63, 3.8) is 0 Å². The van der Waals surface area contributed by atoms with Crippen molar-refractivity contribution in [1.29, 1.82) is 0 Å². The molecule has 0 spiro atoms. The standard InChI is InChI=1S/C27H29.C7H9.C3H6.2ClH.Zr/c1-16-7-9-26(3,4)24-12-18-11-19-13-25-21(17(2)8-10-27(25,5)6)15-23(19)22(18)14-20(16)24;1-6-3-4-7(2)5-6;1-3-2;;;/h7-9,12-15H,10-11H2,1-6H3;3-5H,1-2H3;1-2H3;2*1H;/q2*-1;;;;+2/p-2. The van der Waals surface area contributed by atoms with Crippen LogP contribution in [0.1, 0.15) is 106 Å². The summed E-state index contributed by atoms with van der Waals surface area (Å²) >= 11 is 1.55. The zero-order chi connectivity index (χ0) is 28.0. The van der Waals surface area contributed by atoms with Crippen molar-refractivity contribution in [2.45, 2.75) is 92.9 Å². The van der Waals surface area contributed by atoms with Gasteiger partial charge in [0.15, 0.2) is 0 Å². The molecule has 3 aromatic rings. The molecule has 0 aliphatic heterocycles. The van der Waals surface area contributed by atoms with Crippen LogP contribution in [0.15, 0.2) is 54.6 Å². The molecule has 3 aliphatic rings. The van der Waals surface area contributed by atoms with Crippen LogP contribution in [-0.2, 0) is 41.5 Å². The maximum absolute atomic E-state index is 2.51. The number of rotatable bonds is 0. The van der Waals surface area contributed by atoms with Gasteiger partial charge in [-0.25, -0.2) is 24.1 Å². The Labute approximate surface area is 271 Å². The SMILES string of the molecule is CC1=C[CH-]C(C)(C)c2cc3c(cc21)-c1cc2c(cc1C3)C(C)(C)CC=C2C.C[C](C)=[Zr+2].Cc1c[cH-]c(C)c1.[Cl-].[Cl-]. The van der Waals surface area contributed by atoms with E-state index in [2.05, 4.69) is 130 Å². The van der Waals surface area contributed by atoms with Crippen molar-refractivity contribution in [2.75, 3.05) is 0 Å². The number of allylic oxidation sites excluding steroid dienone is 4. The van der Waals surface area contributed by atoms with E-state index >= 15 is 0 Å². The summed E-state index contributed by atoms with van der Waals surface area (Å²) in [5.74, 6) is 0. The number of halogens is 2. The Morgan fingerprint density at radius 3 is 1.75 bits per heavy atom. The van der Waals surface area contributed by atoms with E-state index < -0.39 is 0 Å².